The van der Waals surface area contributed by atoms with Crippen molar-refractivity contribution in [2.45, 2.75) is 25.2 Å². The molecule has 1 aliphatic rings. The Hall–Kier alpha value is -2.62. The van der Waals surface area contributed by atoms with Crippen LogP contribution in [0.2, 0.25) is 0 Å². The number of nitrogens with one attached hydrogen (secondary N) is 2. The van der Waals surface area contributed by atoms with Crippen LogP contribution in [0.25, 0.3) is 5.82 Å². The van der Waals surface area contributed by atoms with Gasteiger partial charge in [0.15, 0.2) is 11.8 Å². The number of alkyl halides is 3. The Morgan fingerprint density at radius 1 is 1.37 bits per heavy atom. The molecule has 10 heteroatoms. The number of aliphatic imine (C=N–C) groups is 1. The Labute approximate surface area is 155 Å². The molecule has 2 N–H and O–H groups in total. The van der Waals surface area contributed by atoms with Crippen LogP contribution in [0.15, 0.2) is 41.8 Å². The Morgan fingerprint density at radius 2 is 2.22 bits per heavy atom. The highest BCUT2D eigenvalue weighted by molar-refractivity contribution is 5.80. The van der Waals surface area contributed by atoms with Crippen molar-refractivity contribution >= 4 is 5.96 Å². The minimum absolute atomic E-state index is 0.0596. The van der Waals surface area contributed by atoms with Crippen molar-refractivity contribution in [1.29, 1.82) is 0 Å². The molecule has 3 heterocycles. The molecule has 3 rings (SSSR count). The van der Waals surface area contributed by atoms with Crippen molar-refractivity contribution in [3.05, 3.63) is 42.4 Å². The zero-order valence-corrected chi connectivity index (χ0v) is 14.9. The van der Waals surface area contributed by atoms with Gasteiger partial charge in [-0.1, -0.05) is 0 Å². The SMILES string of the molecule is CN=C(NCc1ccnc(-n2cccn2)c1)NC1CCN(CC(F)(F)F)C1. The van der Waals surface area contributed by atoms with Crippen molar-refractivity contribution in [2.75, 3.05) is 26.7 Å². The second-order valence-corrected chi connectivity index (χ2v) is 6.38. The number of halogens is 3. The van der Waals surface area contributed by atoms with Crippen molar-refractivity contribution < 1.29 is 13.2 Å². The van der Waals surface area contributed by atoms with Gasteiger partial charge in [0.2, 0.25) is 0 Å². The molecule has 0 saturated carbocycles. The highest BCUT2D eigenvalue weighted by atomic mass is 19.4. The lowest BCUT2D eigenvalue weighted by Gasteiger charge is -2.20. The molecule has 146 valence electrons. The number of likely N-dealkylation sites (tertiary alicyclic amines) is 1. The molecule has 0 aliphatic carbocycles. The van der Waals surface area contributed by atoms with Crippen LogP contribution in [0.3, 0.4) is 0 Å². The van der Waals surface area contributed by atoms with E-state index in [-0.39, 0.29) is 6.04 Å². The predicted octanol–water partition coefficient (Wildman–Crippen LogP) is 1.57. The second kappa shape index (κ2) is 8.38. The van der Waals surface area contributed by atoms with Crippen LogP contribution < -0.4 is 10.6 Å². The molecule has 0 spiro atoms. The molecule has 1 unspecified atom stereocenters. The fourth-order valence-corrected chi connectivity index (χ4v) is 3.02. The van der Waals surface area contributed by atoms with Gasteiger partial charge in [0.25, 0.3) is 0 Å². The molecule has 0 radical (unpaired) electrons. The smallest absolute Gasteiger partial charge is 0.352 e. The van der Waals surface area contributed by atoms with Gasteiger partial charge in [-0.05, 0) is 30.2 Å². The summed E-state index contributed by atoms with van der Waals surface area (Å²) in [4.78, 5) is 9.85. The Morgan fingerprint density at radius 3 is 2.93 bits per heavy atom. The van der Waals surface area contributed by atoms with Crippen molar-refractivity contribution in [3.8, 4) is 5.82 Å². The van der Waals surface area contributed by atoms with Crippen LogP contribution in [0.1, 0.15) is 12.0 Å². The molecule has 0 aromatic carbocycles. The lowest BCUT2D eigenvalue weighted by molar-refractivity contribution is -0.143. The van der Waals surface area contributed by atoms with E-state index in [2.05, 4.69) is 25.7 Å². The molecular weight excluding hydrogens is 359 g/mol. The third-order valence-corrected chi connectivity index (χ3v) is 4.25. The highest BCUT2D eigenvalue weighted by Crippen LogP contribution is 2.19. The second-order valence-electron chi connectivity index (χ2n) is 6.38. The normalized spacial score (nSPS) is 18.7. The maximum atomic E-state index is 12.5. The maximum Gasteiger partial charge on any atom is 0.401 e. The third kappa shape index (κ3) is 5.68. The lowest BCUT2D eigenvalue weighted by atomic mass is 10.2. The van der Waals surface area contributed by atoms with E-state index in [0.29, 0.717) is 37.8 Å². The summed E-state index contributed by atoms with van der Waals surface area (Å²) in [5, 5.41) is 10.5. The van der Waals surface area contributed by atoms with Crippen LogP contribution in [0.5, 0.6) is 0 Å². The van der Waals surface area contributed by atoms with Gasteiger partial charge in [-0.25, -0.2) is 9.67 Å². The minimum Gasteiger partial charge on any atom is -0.352 e. The molecule has 27 heavy (non-hydrogen) atoms. The molecule has 1 saturated heterocycles. The van der Waals surface area contributed by atoms with E-state index in [9.17, 15) is 13.2 Å². The summed E-state index contributed by atoms with van der Waals surface area (Å²) in [6.45, 7) is 0.407. The standard InChI is InChI=1S/C17H22F3N7/c1-21-16(25-14-4-8-26(11-14)12-17(18,19)20)23-10-13-3-6-22-15(9-13)27-7-2-5-24-27/h2-3,5-7,9,14H,4,8,10-12H2,1H3,(H2,21,23,25). The van der Waals surface area contributed by atoms with Gasteiger partial charge in [0, 0.05) is 51.3 Å². The summed E-state index contributed by atoms with van der Waals surface area (Å²) in [5.41, 5.74) is 0.989. The Bertz CT molecular complexity index is 758. The first-order chi connectivity index (χ1) is 12.9. The summed E-state index contributed by atoms with van der Waals surface area (Å²) < 4.78 is 39.2. The summed E-state index contributed by atoms with van der Waals surface area (Å²) in [6.07, 6.45) is 1.68. The van der Waals surface area contributed by atoms with Crippen LogP contribution >= 0.6 is 0 Å². The predicted molar refractivity (Wildman–Crippen MR) is 95.6 cm³/mol. The monoisotopic (exact) mass is 381 g/mol. The molecule has 1 aliphatic heterocycles. The number of pyridine rings is 1. The average Bonchev–Trinajstić information content (AvgIpc) is 3.29. The van der Waals surface area contributed by atoms with Crippen LogP contribution in [-0.4, -0.2) is 64.5 Å². The van der Waals surface area contributed by atoms with E-state index in [4.69, 9.17) is 0 Å². The van der Waals surface area contributed by atoms with Crippen LogP contribution in [0, 0.1) is 0 Å². The van der Waals surface area contributed by atoms with E-state index in [1.54, 1.807) is 24.1 Å². The zero-order chi connectivity index (χ0) is 19.3. The summed E-state index contributed by atoms with van der Waals surface area (Å²) in [6, 6.07) is 5.56. The number of guanidine groups is 1. The number of aromatic nitrogens is 3. The largest absolute Gasteiger partial charge is 0.401 e. The third-order valence-electron chi connectivity index (χ3n) is 4.25. The fourth-order valence-electron chi connectivity index (χ4n) is 3.02. The molecule has 7 nitrogen and oxygen atoms in total. The van der Waals surface area contributed by atoms with Crippen molar-refractivity contribution in [2.24, 2.45) is 4.99 Å². The minimum atomic E-state index is -4.16. The van der Waals surface area contributed by atoms with Gasteiger partial charge in [0.05, 0.1) is 6.54 Å². The van der Waals surface area contributed by atoms with Gasteiger partial charge in [-0.15, -0.1) is 0 Å². The maximum absolute atomic E-state index is 12.5. The highest BCUT2D eigenvalue weighted by Gasteiger charge is 2.34. The van der Waals surface area contributed by atoms with Gasteiger partial charge in [0.1, 0.15) is 0 Å². The summed E-state index contributed by atoms with van der Waals surface area (Å²) in [7, 11) is 1.64. The van der Waals surface area contributed by atoms with Crippen LogP contribution in [-0.2, 0) is 6.54 Å². The molecule has 2 aromatic heterocycles. The molecular formula is C17H22F3N7. The zero-order valence-electron chi connectivity index (χ0n) is 14.9. The van der Waals surface area contributed by atoms with Crippen LogP contribution in [0.4, 0.5) is 13.2 Å². The molecule has 1 atom stereocenters. The first kappa shape index (κ1) is 19.2. The Balaban J connectivity index is 1.51. The van der Waals surface area contributed by atoms with E-state index in [1.165, 1.54) is 4.90 Å². The van der Waals surface area contributed by atoms with E-state index in [0.717, 1.165) is 5.56 Å². The summed E-state index contributed by atoms with van der Waals surface area (Å²) >= 11 is 0. The fraction of sp³-hybridized carbons (Fsp3) is 0.471. The molecule has 0 bridgehead atoms. The quantitative estimate of drug-likeness (QED) is 0.608. The van der Waals surface area contributed by atoms with Gasteiger partial charge in [-0.2, -0.15) is 18.3 Å². The number of hydrogen-bond donors (Lipinski definition) is 2. The lowest BCUT2D eigenvalue weighted by Crippen LogP contribution is -2.44. The van der Waals surface area contributed by atoms with Gasteiger partial charge >= 0.3 is 6.18 Å². The van der Waals surface area contributed by atoms with E-state index < -0.39 is 12.7 Å². The molecule has 2 aromatic rings. The number of rotatable bonds is 5. The number of hydrogen-bond acceptors (Lipinski definition) is 4. The average molecular weight is 381 g/mol. The van der Waals surface area contributed by atoms with E-state index in [1.807, 2.05) is 24.4 Å². The van der Waals surface area contributed by atoms with Crippen molar-refractivity contribution in [3.63, 3.8) is 0 Å². The topological polar surface area (TPSA) is 70.4 Å². The van der Waals surface area contributed by atoms with Gasteiger partial charge < -0.3 is 10.6 Å². The van der Waals surface area contributed by atoms with Gasteiger partial charge in [-0.3, -0.25) is 9.89 Å². The first-order valence-electron chi connectivity index (χ1n) is 8.64. The van der Waals surface area contributed by atoms with E-state index >= 15 is 0 Å². The first-order valence-corrected chi connectivity index (χ1v) is 8.64. The molecule has 0 amide bonds. The summed E-state index contributed by atoms with van der Waals surface area (Å²) in [5.74, 6) is 1.27. The molecule has 1 fully saturated rings. The Kier molecular flexibility index (Phi) is 5.94. The van der Waals surface area contributed by atoms with Crippen molar-refractivity contribution in [1.82, 2.24) is 30.3 Å². The number of nitrogens with zero attached hydrogens (tertiary/aromatic N) is 5.